The Hall–Kier alpha value is -2.37. The third-order valence-corrected chi connectivity index (χ3v) is 16.4. The van der Waals surface area contributed by atoms with E-state index in [-0.39, 0.29) is 31.1 Å². The van der Waals surface area contributed by atoms with Gasteiger partial charge in [-0.3, -0.25) is 14.4 Å². The molecule has 470 valence electrons. The van der Waals surface area contributed by atoms with E-state index in [9.17, 15) is 14.4 Å². The molecule has 0 aromatic heterocycles. The summed E-state index contributed by atoms with van der Waals surface area (Å²) in [6, 6.07) is 0. The first kappa shape index (κ1) is 77.6. The standard InChI is InChI=1S/C74H138O6/c1-4-7-10-13-16-19-22-25-28-29-30-31-32-33-34-35-36-37-38-39-40-41-42-43-44-47-49-52-55-58-61-64-67-73(76)79-70-71(80-74(77)68-65-62-59-56-53-50-46-27-24-21-18-15-12-9-6-3)69-78-72(75)66-63-60-57-54-51-48-45-26-23-20-17-14-11-8-5-2/h18,21,26-27,45-46,71H,4-17,19-20,22-25,28-44,47-70H2,1-3H3/b21-18-,45-26-,46-27-. The van der Waals surface area contributed by atoms with E-state index < -0.39 is 6.10 Å². The summed E-state index contributed by atoms with van der Waals surface area (Å²) in [6.07, 6.45) is 86.2. The lowest BCUT2D eigenvalue weighted by Gasteiger charge is -2.18. The molecule has 0 saturated heterocycles. The Balaban J connectivity index is 4.12. The van der Waals surface area contributed by atoms with Gasteiger partial charge in [-0.15, -0.1) is 0 Å². The van der Waals surface area contributed by atoms with Crippen LogP contribution in [0.2, 0.25) is 0 Å². The van der Waals surface area contributed by atoms with Gasteiger partial charge in [-0.1, -0.05) is 340 Å². The highest BCUT2D eigenvalue weighted by Crippen LogP contribution is 2.19. The molecule has 0 N–H and O–H groups in total. The SMILES string of the molecule is CCCCC/C=C\C/C=C\CCCCCCCC(=O)OC(COC(=O)CCCCCCC/C=C\CCCCCCCC)COC(=O)CCCCCCCCCCCCCCCCCCCCCCCCCCCCCCCCCC. The number of esters is 3. The molecular weight excluding hydrogens is 985 g/mol. The number of carbonyl (C=O) groups excluding carboxylic acids is 3. The van der Waals surface area contributed by atoms with Gasteiger partial charge in [0.15, 0.2) is 6.10 Å². The molecule has 1 atom stereocenters. The van der Waals surface area contributed by atoms with Crippen LogP contribution in [0, 0.1) is 0 Å². The molecule has 0 aromatic carbocycles. The van der Waals surface area contributed by atoms with Crippen LogP contribution in [-0.2, 0) is 28.6 Å². The largest absolute Gasteiger partial charge is 0.462 e. The molecule has 0 aliphatic heterocycles. The Morgan fingerprint density at radius 3 is 0.725 bits per heavy atom. The van der Waals surface area contributed by atoms with Crippen LogP contribution in [0.3, 0.4) is 0 Å². The molecule has 0 fully saturated rings. The number of hydrogen-bond donors (Lipinski definition) is 0. The maximum Gasteiger partial charge on any atom is 0.306 e. The Bertz CT molecular complexity index is 1340. The first-order valence-corrected chi connectivity index (χ1v) is 36.0. The Morgan fingerprint density at radius 2 is 0.450 bits per heavy atom. The molecule has 0 spiro atoms. The zero-order valence-corrected chi connectivity index (χ0v) is 54.1. The lowest BCUT2D eigenvalue weighted by atomic mass is 10.0. The molecule has 0 heterocycles. The van der Waals surface area contributed by atoms with Gasteiger partial charge < -0.3 is 14.2 Å². The molecule has 0 aliphatic carbocycles. The molecule has 80 heavy (non-hydrogen) atoms. The van der Waals surface area contributed by atoms with Crippen molar-refractivity contribution in [1.29, 1.82) is 0 Å². The van der Waals surface area contributed by atoms with Crippen LogP contribution in [0.25, 0.3) is 0 Å². The zero-order valence-electron chi connectivity index (χ0n) is 54.1. The summed E-state index contributed by atoms with van der Waals surface area (Å²) in [5.74, 6) is -0.874. The molecule has 0 saturated carbocycles. The van der Waals surface area contributed by atoms with Crippen molar-refractivity contribution in [1.82, 2.24) is 0 Å². The number of carbonyl (C=O) groups is 3. The topological polar surface area (TPSA) is 78.9 Å². The van der Waals surface area contributed by atoms with Gasteiger partial charge in [-0.2, -0.15) is 0 Å². The fraction of sp³-hybridized carbons (Fsp3) is 0.878. The highest BCUT2D eigenvalue weighted by Gasteiger charge is 2.19. The fourth-order valence-electron chi connectivity index (χ4n) is 10.9. The first-order chi connectivity index (χ1) is 39.5. The summed E-state index contributed by atoms with van der Waals surface area (Å²) in [5.41, 5.74) is 0. The van der Waals surface area contributed by atoms with Crippen molar-refractivity contribution in [2.24, 2.45) is 0 Å². The predicted molar refractivity (Wildman–Crippen MR) is 349 cm³/mol. The Kier molecular flexibility index (Phi) is 67.1. The number of unbranched alkanes of at least 4 members (excludes halogenated alkanes) is 50. The summed E-state index contributed by atoms with van der Waals surface area (Å²) in [4.78, 5) is 38.4. The van der Waals surface area contributed by atoms with E-state index in [0.29, 0.717) is 19.3 Å². The minimum absolute atomic E-state index is 0.0763. The van der Waals surface area contributed by atoms with E-state index >= 15 is 0 Å². The summed E-state index contributed by atoms with van der Waals surface area (Å²) < 4.78 is 17.0. The van der Waals surface area contributed by atoms with Crippen molar-refractivity contribution in [3.05, 3.63) is 36.5 Å². The monoisotopic (exact) mass is 1120 g/mol. The van der Waals surface area contributed by atoms with Gasteiger partial charge in [-0.25, -0.2) is 0 Å². The molecule has 1 unspecified atom stereocenters. The average Bonchev–Trinajstić information content (AvgIpc) is 3.46. The van der Waals surface area contributed by atoms with E-state index in [0.717, 1.165) is 89.9 Å². The molecule has 6 nitrogen and oxygen atoms in total. The molecule has 0 bridgehead atoms. The zero-order chi connectivity index (χ0) is 57.8. The molecule has 0 rings (SSSR count). The predicted octanol–water partition coefficient (Wildman–Crippen LogP) is 24.7. The van der Waals surface area contributed by atoms with Crippen molar-refractivity contribution in [2.45, 2.75) is 406 Å². The lowest BCUT2D eigenvalue weighted by Crippen LogP contribution is -2.30. The van der Waals surface area contributed by atoms with Gasteiger partial charge in [0.25, 0.3) is 0 Å². The molecule has 0 aromatic rings. The summed E-state index contributed by atoms with van der Waals surface area (Å²) >= 11 is 0. The van der Waals surface area contributed by atoms with Crippen LogP contribution in [0.5, 0.6) is 0 Å². The molecule has 0 aliphatic rings. The molecular formula is C74H138O6. The smallest absolute Gasteiger partial charge is 0.306 e. The first-order valence-electron chi connectivity index (χ1n) is 36.0. The molecule has 6 heteroatoms. The number of hydrogen-bond acceptors (Lipinski definition) is 6. The number of allylic oxidation sites excluding steroid dienone is 6. The third-order valence-electron chi connectivity index (χ3n) is 16.4. The summed E-state index contributed by atoms with van der Waals surface area (Å²) in [7, 11) is 0. The van der Waals surface area contributed by atoms with Gasteiger partial charge in [0.1, 0.15) is 13.2 Å². The number of rotatable bonds is 67. The van der Waals surface area contributed by atoms with Crippen LogP contribution in [-0.4, -0.2) is 37.2 Å². The van der Waals surface area contributed by atoms with Gasteiger partial charge in [0.05, 0.1) is 0 Å². The highest BCUT2D eigenvalue weighted by molar-refractivity contribution is 5.71. The van der Waals surface area contributed by atoms with Gasteiger partial charge in [0, 0.05) is 19.3 Å². The van der Waals surface area contributed by atoms with Gasteiger partial charge >= 0.3 is 17.9 Å². The molecule has 0 amide bonds. The van der Waals surface area contributed by atoms with E-state index in [2.05, 4.69) is 57.2 Å². The van der Waals surface area contributed by atoms with Crippen molar-refractivity contribution in [3.63, 3.8) is 0 Å². The Labute approximate surface area is 499 Å². The number of ether oxygens (including phenoxy) is 3. The van der Waals surface area contributed by atoms with E-state index in [4.69, 9.17) is 14.2 Å². The fourth-order valence-corrected chi connectivity index (χ4v) is 10.9. The lowest BCUT2D eigenvalue weighted by molar-refractivity contribution is -0.167. The minimum atomic E-state index is -0.782. The summed E-state index contributed by atoms with van der Waals surface area (Å²) in [6.45, 7) is 6.66. The van der Waals surface area contributed by atoms with Crippen molar-refractivity contribution in [2.75, 3.05) is 13.2 Å². The minimum Gasteiger partial charge on any atom is -0.462 e. The third kappa shape index (κ3) is 66.4. The maximum atomic E-state index is 12.9. The second-order valence-corrected chi connectivity index (χ2v) is 24.5. The van der Waals surface area contributed by atoms with Gasteiger partial charge in [-0.05, 0) is 77.0 Å². The summed E-state index contributed by atoms with van der Waals surface area (Å²) in [5, 5.41) is 0. The van der Waals surface area contributed by atoms with Crippen LogP contribution in [0.4, 0.5) is 0 Å². The van der Waals surface area contributed by atoms with E-state index in [1.165, 1.54) is 270 Å². The van der Waals surface area contributed by atoms with Crippen LogP contribution >= 0.6 is 0 Å². The van der Waals surface area contributed by atoms with Crippen molar-refractivity contribution in [3.8, 4) is 0 Å². The van der Waals surface area contributed by atoms with Crippen molar-refractivity contribution < 1.29 is 28.6 Å². The van der Waals surface area contributed by atoms with Gasteiger partial charge in [0.2, 0.25) is 0 Å². The van der Waals surface area contributed by atoms with E-state index in [1.54, 1.807) is 0 Å². The van der Waals surface area contributed by atoms with Crippen molar-refractivity contribution >= 4 is 17.9 Å². The molecule has 0 radical (unpaired) electrons. The van der Waals surface area contributed by atoms with E-state index in [1.807, 2.05) is 0 Å². The highest BCUT2D eigenvalue weighted by atomic mass is 16.6. The van der Waals surface area contributed by atoms with Crippen LogP contribution in [0.1, 0.15) is 400 Å². The maximum absolute atomic E-state index is 12.9. The normalized spacial score (nSPS) is 12.2. The second kappa shape index (κ2) is 69.1. The quantitative estimate of drug-likeness (QED) is 0.0261. The van der Waals surface area contributed by atoms with Crippen LogP contribution in [0.15, 0.2) is 36.5 Å². The average molecular weight is 1120 g/mol. The van der Waals surface area contributed by atoms with Crippen LogP contribution < -0.4 is 0 Å². The Morgan fingerprint density at radius 1 is 0.250 bits per heavy atom. The second-order valence-electron chi connectivity index (χ2n) is 24.5.